The Hall–Kier alpha value is -0.870. The lowest BCUT2D eigenvalue weighted by Gasteiger charge is -1.97. The summed E-state index contributed by atoms with van der Waals surface area (Å²) in [6.45, 7) is 0. The second kappa shape index (κ2) is 3.69. The number of hydrogen-bond acceptors (Lipinski definition) is 3. The molecule has 0 saturated carbocycles. The summed E-state index contributed by atoms with van der Waals surface area (Å²) in [5.74, 6) is -0.729. The van der Waals surface area contributed by atoms with E-state index in [1.165, 1.54) is 0 Å². The van der Waals surface area contributed by atoms with E-state index in [0.717, 1.165) is 6.20 Å². The van der Waals surface area contributed by atoms with Crippen LogP contribution in [-0.2, 0) is 5.88 Å². The van der Waals surface area contributed by atoms with Gasteiger partial charge in [-0.3, -0.25) is 0 Å². The number of alkyl halides is 1. The lowest BCUT2D eigenvalue weighted by molar-refractivity contribution is 0.0696. The van der Waals surface area contributed by atoms with Gasteiger partial charge in [0.25, 0.3) is 0 Å². The molecule has 12 heavy (non-hydrogen) atoms. The van der Waals surface area contributed by atoms with Crippen LogP contribution in [0.1, 0.15) is 16.2 Å². The van der Waals surface area contributed by atoms with Crippen molar-refractivity contribution in [2.45, 2.75) is 5.88 Å². The first-order valence-corrected chi connectivity index (χ1v) is 3.87. The molecule has 0 radical (unpaired) electrons. The average Bonchev–Trinajstić information content (AvgIpc) is 2.03. The lowest BCUT2D eigenvalue weighted by atomic mass is 10.3. The zero-order chi connectivity index (χ0) is 9.14. The van der Waals surface area contributed by atoms with Crippen molar-refractivity contribution < 1.29 is 9.90 Å². The Morgan fingerprint density at radius 3 is 2.75 bits per heavy atom. The van der Waals surface area contributed by atoms with Gasteiger partial charge in [0.2, 0.25) is 0 Å². The van der Waals surface area contributed by atoms with Crippen molar-refractivity contribution >= 4 is 29.2 Å². The Labute approximate surface area is 78.2 Å². The highest BCUT2D eigenvalue weighted by molar-refractivity contribution is 6.32. The summed E-state index contributed by atoms with van der Waals surface area (Å²) in [4.78, 5) is 17.7. The van der Waals surface area contributed by atoms with E-state index in [2.05, 4.69) is 9.97 Å². The zero-order valence-electron chi connectivity index (χ0n) is 5.79. The fraction of sp³-hybridized carbons (Fsp3) is 0.167. The van der Waals surface area contributed by atoms with E-state index in [1.54, 1.807) is 0 Å². The minimum atomic E-state index is -1.15. The van der Waals surface area contributed by atoms with Gasteiger partial charge in [0, 0.05) is 6.20 Å². The summed E-state index contributed by atoms with van der Waals surface area (Å²) in [7, 11) is 0. The van der Waals surface area contributed by atoms with Crippen molar-refractivity contribution in [3.8, 4) is 0 Å². The van der Waals surface area contributed by atoms with E-state index in [4.69, 9.17) is 28.3 Å². The van der Waals surface area contributed by atoms with Crippen molar-refractivity contribution in [1.29, 1.82) is 0 Å². The third-order valence-electron chi connectivity index (χ3n) is 1.14. The van der Waals surface area contributed by atoms with Crippen LogP contribution in [0.5, 0.6) is 0 Å². The summed E-state index contributed by atoms with van der Waals surface area (Å²) >= 11 is 10.9. The number of aromatic nitrogens is 2. The maximum absolute atomic E-state index is 10.4. The van der Waals surface area contributed by atoms with Crippen LogP contribution in [0.15, 0.2) is 6.20 Å². The highest BCUT2D eigenvalue weighted by Crippen LogP contribution is 2.12. The molecule has 0 aliphatic rings. The molecule has 1 N–H and O–H groups in total. The van der Waals surface area contributed by atoms with Crippen molar-refractivity contribution in [2.75, 3.05) is 0 Å². The fourth-order valence-electron chi connectivity index (χ4n) is 0.603. The molecule has 0 saturated heterocycles. The van der Waals surface area contributed by atoms with Gasteiger partial charge in [-0.05, 0) is 0 Å². The summed E-state index contributed by atoms with van der Waals surface area (Å²) < 4.78 is 0. The van der Waals surface area contributed by atoms with E-state index < -0.39 is 5.97 Å². The molecule has 0 aliphatic carbocycles. The fourth-order valence-corrected chi connectivity index (χ4v) is 0.959. The molecular formula is C6H4Cl2N2O2. The topological polar surface area (TPSA) is 63.1 Å². The third-order valence-corrected chi connectivity index (χ3v) is 1.67. The first kappa shape index (κ1) is 9.22. The van der Waals surface area contributed by atoms with Crippen LogP contribution in [0.25, 0.3) is 0 Å². The van der Waals surface area contributed by atoms with E-state index >= 15 is 0 Å². The SMILES string of the molecule is O=C(O)c1cnc(CCl)nc1Cl. The molecular weight excluding hydrogens is 203 g/mol. The molecule has 1 aromatic rings. The highest BCUT2D eigenvalue weighted by atomic mass is 35.5. The minimum absolute atomic E-state index is 0.0897. The van der Waals surface area contributed by atoms with Gasteiger partial charge in [-0.15, -0.1) is 11.6 Å². The van der Waals surface area contributed by atoms with E-state index in [0.29, 0.717) is 5.82 Å². The number of halogens is 2. The van der Waals surface area contributed by atoms with Crippen molar-refractivity contribution in [1.82, 2.24) is 9.97 Å². The van der Waals surface area contributed by atoms with Crippen LogP contribution >= 0.6 is 23.2 Å². The first-order chi connectivity index (χ1) is 5.65. The van der Waals surface area contributed by atoms with Gasteiger partial charge in [-0.2, -0.15) is 0 Å². The van der Waals surface area contributed by atoms with Crippen LogP contribution < -0.4 is 0 Å². The predicted molar refractivity (Wildman–Crippen MR) is 43.6 cm³/mol. The number of carboxylic acids is 1. The molecule has 1 aromatic heterocycles. The van der Waals surface area contributed by atoms with Gasteiger partial charge in [0.15, 0.2) is 0 Å². The molecule has 0 amide bonds. The molecule has 0 fully saturated rings. The number of carboxylic acid groups (broad SMARTS) is 1. The van der Waals surface area contributed by atoms with Crippen molar-refractivity contribution in [3.05, 3.63) is 22.7 Å². The first-order valence-electron chi connectivity index (χ1n) is 2.96. The zero-order valence-corrected chi connectivity index (χ0v) is 7.30. The Balaban J connectivity index is 3.12. The van der Waals surface area contributed by atoms with Gasteiger partial charge in [0.1, 0.15) is 16.5 Å². The number of rotatable bonds is 2. The largest absolute Gasteiger partial charge is 0.478 e. The molecule has 0 spiro atoms. The molecule has 1 rings (SSSR count). The van der Waals surface area contributed by atoms with Crippen molar-refractivity contribution in [2.24, 2.45) is 0 Å². The Bertz CT molecular complexity index is 316. The van der Waals surface area contributed by atoms with Crippen LogP contribution in [0.3, 0.4) is 0 Å². The summed E-state index contributed by atoms with van der Waals surface area (Å²) in [6.07, 6.45) is 1.13. The smallest absolute Gasteiger partial charge is 0.340 e. The second-order valence-electron chi connectivity index (χ2n) is 1.93. The predicted octanol–water partition coefficient (Wildman–Crippen LogP) is 1.57. The van der Waals surface area contributed by atoms with Gasteiger partial charge in [-0.1, -0.05) is 11.6 Å². The second-order valence-corrected chi connectivity index (χ2v) is 2.55. The summed E-state index contributed by atoms with van der Waals surface area (Å²) in [6, 6.07) is 0. The molecule has 0 bridgehead atoms. The van der Waals surface area contributed by atoms with Crippen LogP contribution in [0.4, 0.5) is 0 Å². The van der Waals surface area contributed by atoms with E-state index in [1.807, 2.05) is 0 Å². The number of aromatic carboxylic acids is 1. The lowest BCUT2D eigenvalue weighted by Crippen LogP contribution is -2.02. The quantitative estimate of drug-likeness (QED) is 0.590. The van der Waals surface area contributed by atoms with Gasteiger partial charge >= 0.3 is 5.97 Å². The molecule has 0 aromatic carbocycles. The number of nitrogens with zero attached hydrogens (tertiary/aromatic N) is 2. The van der Waals surface area contributed by atoms with E-state index in [9.17, 15) is 4.79 Å². The summed E-state index contributed by atoms with van der Waals surface area (Å²) in [5, 5.41) is 8.44. The normalized spacial score (nSPS) is 9.83. The molecule has 6 heteroatoms. The number of carbonyl (C=O) groups is 1. The maximum Gasteiger partial charge on any atom is 0.340 e. The standard InChI is InChI=1S/C6H4Cl2N2O2/c7-1-4-9-2-3(6(11)12)5(8)10-4/h2H,1H2,(H,11,12). The number of hydrogen-bond donors (Lipinski definition) is 1. The van der Waals surface area contributed by atoms with Crippen LogP contribution in [0, 0.1) is 0 Å². The molecule has 1 heterocycles. The third kappa shape index (κ3) is 1.84. The highest BCUT2D eigenvalue weighted by Gasteiger charge is 2.10. The van der Waals surface area contributed by atoms with Gasteiger partial charge < -0.3 is 5.11 Å². The molecule has 0 aliphatic heterocycles. The Morgan fingerprint density at radius 2 is 2.33 bits per heavy atom. The van der Waals surface area contributed by atoms with Crippen LogP contribution in [0.2, 0.25) is 5.15 Å². The van der Waals surface area contributed by atoms with Crippen molar-refractivity contribution in [3.63, 3.8) is 0 Å². The molecule has 0 atom stereocenters. The average molecular weight is 207 g/mol. The Kier molecular flexibility index (Phi) is 2.83. The monoisotopic (exact) mass is 206 g/mol. The van der Waals surface area contributed by atoms with Gasteiger partial charge in [-0.25, -0.2) is 14.8 Å². The molecule has 4 nitrogen and oxygen atoms in total. The van der Waals surface area contributed by atoms with Crippen LogP contribution in [-0.4, -0.2) is 21.0 Å². The maximum atomic E-state index is 10.4. The Morgan fingerprint density at radius 1 is 1.67 bits per heavy atom. The molecule has 0 unspecified atom stereocenters. The minimum Gasteiger partial charge on any atom is -0.478 e. The summed E-state index contributed by atoms with van der Waals surface area (Å²) in [5.41, 5.74) is -0.120. The molecule has 64 valence electrons. The van der Waals surface area contributed by atoms with Gasteiger partial charge in [0.05, 0.1) is 5.88 Å². The van der Waals surface area contributed by atoms with E-state index in [-0.39, 0.29) is 16.6 Å².